The molecule has 0 aromatic heterocycles. The number of nitrogens with one attached hydrogen (secondary N) is 1. The topological polar surface area (TPSA) is 38.0 Å². The number of nitrogen functional groups attached to an aromatic ring is 1. The van der Waals surface area contributed by atoms with Gasteiger partial charge in [0.15, 0.2) is 0 Å². The van der Waals surface area contributed by atoms with Gasteiger partial charge in [-0.25, -0.2) is 0 Å². The molecule has 3 heteroatoms. The van der Waals surface area contributed by atoms with E-state index < -0.39 is 0 Å². The van der Waals surface area contributed by atoms with Crippen molar-refractivity contribution in [2.24, 2.45) is 0 Å². The molecule has 20 heavy (non-hydrogen) atoms. The van der Waals surface area contributed by atoms with Crippen molar-refractivity contribution >= 4 is 23.0 Å². The molecule has 0 heterocycles. The van der Waals surface area contributed by atoms with E-state index in [1.165, 1.54) is 5.56 Å². The first kappa shape index (κ1) is 14.7. The van der Waals surface area contributed by atoms with Crippen molar-refractivity contribution in [3.05, 3.63) is 59.1 Å². The molecule has 2 nitrogen and oxygen atoms in total. The van der Waals surface area contributed by atoms with Gasteiger partial charge >= 0.3 is 0 Å². The molecule has 2 aromatic rings. The van der Waals surface area contributed by atoms with Crippen molar-refractivity contribution in [1.29, 1.82) is 0 Å². The Morgan fingerprint density at radius 3 is 2.45 bits per heavy atom. The normalized spacial score (nSPS) is 11.3. The number of hydrogen-bond acceptors (Lipinski definition) is 2. The molecule has 106 valence electrons. The Morgan fingerprint density at radius 2 is 1.80 bits per heavy atom. The molecule has 0 saturated carbocycles. The number of halogens is 1. The molecular formula is C17H21ClN2. The van der Waals surface area contributed by atoms with Crippen LogP contribution in [-0.4, -0.2) is 5.54 Å². The highest BCUT2D eigenvalue weighted by Gasteiger charge is 2.18. The van der Waals surface area contributed by atoms with Crippen molar-refractivity contribution in [2.75, 3.05) is 11.1 Å². The van der Waals surface area contributed by atoms with Crippen LogP contribution in [0.25, 0.3) is 0 Å². The minimum atomic E-state index is -0.0300. The molecule has 0 fully saturated rings. The van der Waals surface area contributed by atoms with Crippen LogP contribution in [-0.2, 0) is 6.42 Å². The quantitative estimate of drug-likeness (QED) is 0.780. The van der Waals surface area contributed by atoms with E-state index in [4.69, 9.17) is 17.3 Å². The summed E-state index contributed by atoms with van der Waals surface area (Å²) in [6, 6.07) is 16.1. The molecule has 2 rings (SSSR count). The van der Waals surface area contributed by atoms with Gasteiger partial charge in [0.25, 0.3) is 0 Å². The Morgan fingerprint density at radius 1 is 1.10 bits per heavy atom. The van der Waals surface area contributed by atoms with E-state index in [0.717, 1.165) is 18.5 Å². The molecule has 2 aromatic carbocycles. The van der Waals surface area contributed by atoms with Crippen molar-refractivity contribution < 1.29 is 0 Å². The van der Waals surface area contributed by atoms with Crippen LogP contribution in [0.4, 0.5) is 11.4 Å². The maximum atomic E-state index is 5.99. The molecular weight excluding hydrogens is 268 g/mol. The maximum absolute atomic E-state index is 5.99. The first-order chi connectivity index (χ1) is 9.46. The van der Waals surface area contributed by atoms with Crippen LogP contribution in [0, 0.1) is 0 Å². The molecule has 0 radical (unpaired) electrons. The number of nitrogens with two attached hydrogens (primary N) is 1. The number of aryl methyl sites for hydroxylation is 1. The SMILES string of the molecule is CC(C)(CCc1ccccc1)Nc1ccc(Cl)cc1N. The molecule has 0 aliphatic carbocycles. The van der Waals surface area contributed by atoms with E-state index in [9.17, 15) is 0 Å². The third kappa shape index (κ3) is 4.17. The van der Waals surface area contributed by atoms with Crippen LogP contribution in [0.2, 0.25) is 5.02 Å². The van der Waals surface area contributed by atoms with E-state index in [-0.39, 0.29) is 5.54 Å². The van der Waals surface area contributed by atoms with Gasteiger partial charge in [-0.2, -0.15) is 0 Å². The van der Waals surface area contributed by atoms with Gasteiger partial charge in [0.05, 0.1) is 11.4 Å². The molecule has 0 atom stereocenters. The third-order valence-electron chi connectivity index (χ3n) is 3.37. The number of benzene rings is 2. The molecule has 0 bridgehead atoms. The van der Waals surface area contributed by atoms with Gasteiger partial charge in [-0.15, -0.1) is 0 Å². The summed E-state index contributed by atoms with van der Waals surface area (Å²) in [5, 5.41) is 4.16. The fourth-order valence-corrected chi connectivity index (χ4v) is 2.36. The number of hydrogen-bond donors (Lipinski definition) is 2. The summed E-state index contributed by atoms with van der Waals surface area (Å²) in [5.74, 6) is 0. The average molecular weight is 289 g/mol. The van der Waals surface area contributed by atoms with Gasteiger partial charge in [0.1, 0.15) is 0 Å². The second-order valence-electron chi connectivity index (χ2n) is 5.73. The molecule has 0 aliphatic rings. The summed E-state index contributed by atoms with van der Waals surface area (Å²) < 4.78 is 0. The smallest absolute Gasteiger partial charge is 0.0579 e. The van der Waals surface area contributed by atoms with Crippen molar-refractivity contribution in [1.82, 2.24) is 0 Å². The highest BCUT2D eigenvalue weighted by Crippen LogP contribution is 2.27. The lowest BCUT2D eigenvalue weighted by molar-refractivity contribution is 0.519. The zero-order valence-corrected chi connectivity index (χ0v) is 12.7. The Labute approximate surface area is 126 Å². The third-order valence-corrected chi connectivity index (χ3v) is 3.60. The first-order valence-corrected chi connectivity index (χ1v) is 7.21. The molecule has 3 N–H and O–H groups in total. The van der Waals surface area contributed by atoms with Crippen molar-refractivity contribution in [3.8, 4) is 0 Å². The minimum absolute atomic E-state index is 0.0300. The molecule has 0 amide bonds. The van der Waals surface area contributed by atoms with Crippen LogP contribution in [0.1, 0.15) is 25.8 Å². The monoisotopic (exact) mass is 288 g/mol. The fourth-order valence-electron chi connectivity index (χ4n) is 2.18. The van der Waals surface area contributed by atoms with Crippen LogP contribution >= 0.6 is 11.6 Å². The summed E-state index contributed by atoms with van der Waals surface area (Å²) in [5.41, 5.74) is 8.94. The van der Waals surface area contributed by atoms with Gasteiger partial charge in [0.2, 0.25) is 0 Å². The van der Waals surface area contributed by atoms with Gasteiger partial charge < -0.3 is 11.1 Å². The Kier molecular flexibility index (Phi) is 4.56. The predicted molar refractivity (Wildman–Crippen MR) is 88.3 cm³/mol. The predicted octanol–water partition coefficient (Wildman–Crippen LogP) is 4.75. The second-order valence-corrected chi connectivity index (χ2v) is 6.16. The van der Waals surface area contributed by atoms with Crippen LogP contribution in [0.15, 0.2) is 48.5 Å². The highest BCUT2D eigenvalue weighted by molar-refractivity contribution is 6.31. The summed E-state index contributed by atoms with van der Waals surface area (Å²) >= 11 is 5.92. The Bertz CT molecular complexity index is 564. The van der Waals surface area contributed by atoms with Gasteiger partial charge in [0, 0.05) is 10.6 Å². The van der Waals surface area contributed by atoms with E-state index in [0.29, 0.717) is 10.7 Å². The van der Waals surface area contributed by atoms with Gasteiger partial charge in [-0.1, -0.05) is 41.9 Å². The van der Waals surface area contributed by atoms with Crippen LogP contribution < -0.4 is 11.1 Å². The van der Waals surface area contributed by atoms with E-state index >= 15 is 0 Å². The largest absolute Gasteiger partial charge is 0.397 e. The lowest BCUT2D eigenvalue weighted by atomic mass is 9.95. The van der Waals surface area contributed by atoms with Crippen molar-refractivity contribution in [3.63, 3.8) is 0 Å². The average Bonchev–Trinajstić information content (AvgIpc) is 2.41. The second kappa shape index (κ2) is 6.19. The van der Waals surface area contributed by atoms with Crippen LogP contribution in [0.5, 0.6) is 0 Å². The molecule has 0 unspecified atom stereocenters. The summed E-state index contributed by atoms with van der Waals surface area (Å²) in [7, 11) is 0. The molecule has 0 saturated heterocycles. The lowest BCUT2D eigenvalue weighted by Gasteiger charge is -2.28. The Balaban J connectivity index is 2.00. The lowest BCUT2D eigenvalue weighted by Crippen LogP contribution is -2.31. The Hall–Kier alpha value is -1.67. The van der Waals surface area contributed by atoms with E-state index in [2.05, 4.69) is 43.4 Å². The number of rotatable bonds is 5. The zero-order chi connectivity index (χ0) is 14.6. The summed E-state index contributed by atoms with van der Waals surface area (Å²) in [4.78, 5) is 0. The van der Waals surface area contributed by atoms with E-state index in [1.807, 2.05) is 18.2 Å². The van der Waals surface area contributed by atoms with Gasteiger partial charge in [-0.05, 0) is 50.5 Å². The maximum Gasteiger partial charge on any atom is 0.0579 e. The molecule has 0 spiro atoms. The standard InChI is InChI=1S/C17H21ClN2/c1-17(2,11-10-13-6-4-3-5-7-13)20-16-9-8-14(18)12-15(16)19/h3-9,12,20H,10-11,19H2,1-2H3. The number of anilines is 2. The molecule has 0 aliphatic heterocycles. The fraction of sp³-hybridized carbons (Fsp3) is 0.294. The zero-order valence-electron chi connectivity index (χ0n) is 12.0. The summed E-state index contributed by atoms with van der Waals surface area (Å²) in [6.45, 7) is 4.37. The minimum Gasteiger partial charge on any atom is -0.397 e. The first-order valence-electron chi connectivity index (χ1n) is 6.83. The van der Waals surface area contributed by atoms with E-state index in [1.54, 1.807) is 6.07 Å². The van der Waals surface area contributed by atoms with Crippen molar-refractivity contribution in [2.45, 2.75) is 32.2 Å². The highest BCUT2D eigenvalue weighted by atomic mass is 35.5. The summed E-state index contributed by atoms with van der Waals surface area (Å²) in [6.07, 6.45) is 2.06. The van der Waals surface area contributed by atoms with Crippen LogP contribution in [0.3, 0.4) is 0 Å². The van der Waals surface area contributed by atoms with Gasteiger partial charge in [-0.3, -0.25) is 0 Å².